The van der Waals surface area contributed by atoms with E-state index in [1.54, 1.807) is 11.8 Å². The molecule has 3 rings (SSSR count). The van der Waals surface area contributed by atoms with Gasteiger partial charge in [-0.3, -0.25) is 10.1 Å². The minimum Gasteiger partial charge on any atom is -0.296 e. The van der Waals surface area contributed by atoms with E-state index >= 15 is 0 Å². The molecule has 0 aliphatic carbocycles. The Morgan fingerprint density at radius 1 is 1.22 bits per heavy atom. The van der Waals surface area contributed by atoms with Gasteiger partial charge in [0.05, 0.1) is 4.90 Å². The number of carbonyl (C=O) groups is 1. The van der Waals surface area contributed by atoms with E-state index in [0.717, 1.165) is 22.9 Å². The molecule has 1 aliphatic heterocycles. The molecule has 27 heavy (non-hydrogen) atoms. The Balaban J connectivity index is 1.64. The van der Waals surface area contributed by atoms with Crippen molar-refractivity contribution in [1.29, 1.82) is 0 Å². The lowest BCUT2D eigenvalue weighted by Gasteiger charge is -2.15. The molecular formula is C17H22N4O3S3. The third-order valence-electron chi connectivity index (χ3n) is 3.99. The molecule has 10 heteroatoms. The zero-order valence-electron chi connectivity index (χ0n) is 15.2. The van der Waals surface area contributed by atoms with Crippen LogP contribution in [0.5, 0.6) is 0 Å². The topological polar surface area (TPSA) is 92.3 Å². The fraction of sp³-hybridized carbons (Fsp3) is 0.471. The molecule has 1 fully saturated rings. The van der Waals surface area contributed by atoms with Crippen LogP contribution in [0, 0.1) is 5.92 Å². The lowest BCUT2D eigenvalue weighted by molar-refractivity contribution is 0.102. The van der Waals surface area contributed by atoms with Gasteiger partial charge >= 0.3 is 0 Å². The van der Waals surface area contributed by atoms with Crippen LogP contribution in [0.25, 0.3) is 0 Å². The number of aromatic nitrogens is 2. The number of thioether (sulfide) groups is 1. The molecule has 0 bridgehead atoms. The SMILES string of the molecule is CC(C)CSc1nnc(NC(=O)c2ccc(S(=O)(=O)N3CCCC3)cc2)s1. The highest BCUT2D eigenvalue weighted by Crippen LogP contribution is 2.27. The van der Waals surface area contributed by atoms with Crippen molar-refractivity contribution >= 4 is 44.2 Å². The van der Waals surface area contributed by atoms with Gasteiger partial charge in [-0.05, 0) is 43.0 Å². The number of hydrogen-bond donors (Lipinski definition) is 1. The van der Waals surface area contributed by atoms with Crippen molar-refractivity contribution in [1.82, 2.24) is 14.5 Å². The van der Waals surface area contributed by atoms with Crippen LogP contribution < -0.4 is 5.32 Å². The highest BCUT2D eigenvalue weighted by atomic mass is 32.2. The normalized spacial score (nSPS) is 15.4. The summed E-state index contributed by atoms with van der Waals surface area (Å²) in [5.41, 5.74) is 0.377. The van der Waals surface area contributed by atoms with Crippen molar-refractivity contribution in [3.8, 4) is 0 Å². The molecule has 1 aliphatic rings. The van der Waals surface area contributed by atoms with E-state index < -0.39 is 10.0 Å². The molecular weight excluding hydrogens is 404 g/mol. The van der Waals surface area contributed by atoms with Crippen LogP contribution in [0.3, 0.4) is 0 Å². The van der Waals surface area contributed by atoms with Crippen LogP contribution in [0.4, 0.5) is 5.13 Å². The first-order chi connectivity index (χ1) is 12.9. The highest BCUT2D eigenvalue weighted by molar-refractivity contribution is 8.01. The van der Waals surface area contributed by atoms with Crippen LogP contribution in [0.1, 0.15) is 37.0 Å². The minimum atomic E-state index is -3.47. The number of amides is 1. The largest absolute Gasteiger partial charge is 0.296 e. The maximum Gasteiger partial charge on any atom is 0.257 e. The Hall–Kier alpha value is -1.49. The Bertz CT molecular complexity index is 888. The van der Waals surface area contributed by atoms with E-state index in [2.05, 4.69) is 29.4 Å². The number of nitrogens with zero attached hydrogens (tertiary/aromatic N) is 3. The molecule has 1 aromatic heterocycles. The molecule has 7 nitrogen and oxygen atoms in total. The van der Waals surface area contributed by atoms with E-state index in [0.29, 0.717) is 29.7 Å². The quantitative estimate of drug-likeness (QED) is 0.539. The maximum absolute atomic E-state index is 12.5. The summed E-state index contributed by atoms with van der Waals surface area (Å²) in [5, 5.41) is 11.2. The van der Waals surface area contributed by atoms with Crippen LogP contribution in [0.15, 0.2) is 33.5 Å². The van der Waals surface area contributed by atoms with Crippen LogP contribution >= 0.6 is 23.1 Å². The molecule has 146 valence electrons. The summed E-state index contributed by atoms with van der Waals surface area (Å²) in [6.07, 6.45) is 1.78. The summed E-state index contributed by atoms with van der Waals surface area (Å²) in [5.74, 6) is 1.15. The molecule has 0 spiro atoms. The number of anilines is 1. The molecule has 0 atom stereocenters. The van der Waals surface area contributed by atoms with Crippen molar-refractivity contribution in [3.63, 3.8) is 0 Å². The van der Waals surface area contributed by atoms with Gasteiger partial charge in [0.15, 0.2) is 4.34 Å². The Labute approximate surface area is 167 Å². The minimum absolute atomic E-state index is 0.212. The number of sulfonamides is 1. The Morgan fingerprint density at radius 2 is 1.89 bits per heavy atom. The van der Waals surface area contributed by atoms with E-state index in [1.165, 1.54) is 39.9 Å². The average Bonchev–Trinajstić information content (AvgIpc) is 3.32. The second-order valence-electron chi connectivity index (χ2n) is 6.67. The van der Waals surface area contributed by atoms with E-state index in [1.807, 2.05) is 0 Å². The third kappa shape index (κ3) is 5.07. The molecule has 1 amide bonds. The number of rotatable bonds is 7. The number of nitrogens with one attached hydrogen (secondary N) is 1. The fourth-order valence-electron chi connectivity index (χ4n) is 2.58. The van der Waals surface area contributed by atoms with Crippen molar-refractivity contribution in [3.05, 3.63) is 29.8 Å². The van der Waals surface area contributed by atoms with Gasteiger partial charge in [-0.25, -0.2) is 8.42 Å². The monoisotopic (exact) mass is 426 g/mol. The maximum atomic E-state index is 12.5. The molecule has 0 saturated carbocycles. The number of hydrogen-bond acceptors (Lipinski definition) is 7. The van der Waals surface area contributed by atoms with Gasteiger partial charge in [0.25, 0.3) is 5.91 Å². The van der Waals surface area contributed by atoms with E-state index in [-0.39, 0.29) is 10.8 Å². The molecule has 0 radical (unpaired) electrons. The summed E-state index contributed by atoms with van der Waals surface area (Å²) in [4.78, 5) is 12.6. The first-order valence-corrected chi connectivity index (χ1v) is 12.0. The predicted molar refractivity (Wildman–Crippen MR) is 108 cm³/mol. The smallest absolute Gasteiger partial charge is 0.257 e. The summed E-state index contributed by atoms with van der Waals surface area (Å²) in [6, 6.07) is 6.00. The second-order valence-corrected chi connectivity index (χ2v) is 10.9. The zero-order valence-corrected chi connectivity index (χ0v) is 17.7. The van der Waals surface area contributed by atoms with Gasteiger partial charge in [-0.15, -0.1) is 10.2 Å². The first-order valence-electron chi connectivity index (χ1n) is 8.74. The third-order valence-corrected chi connectivity index (χ3v) is 8.30. The summed E-state index contributed by atoms with van der Waals surface area (Å²) in [6.45, 7) is 5.37. The number of carbonyl (C=O) groups excluding carboxylic acids is 1. The van der Waals surface area contributed by atoms with Gasteiger partial charge in [0.1, 0.15) is 0 Å². The van der Waals surface area contributed by atoms with Crippen LogP contribution in [0.2, 0.25) is 0 Å². The van der Waals surface area contributed by atoms with Crippen molar-refractivity contribution in [2.75, 3.05) is 24.2 Å². The van der Waals surface area contributed by atoms with E-state index in [9.17, 15) is 13.2 Å². The summed E-state index contributed by atoms with van der Waals surface area (Å²) in [7, 11) is -3.47. The summed E-state index contributed by atoms with van der Waals surface area (Å²) < 4.78 is 27.3. The van der Waals surface area contributed by atoms with Crippen molar-refractivity contribution in [2.45, 2.75) is 35.9 Å². The molecule has 1 saturated heterocycles. The number of benzene rings is 1. The van der Waals surface area contributed by atoms with E-state index in [4.69, 9.17) is 0 Å². The standard InChI is InChI=1S/C17H22N4O3S3/c1-12(2)11-25-17-20-19-16(26-17)18-15(22)13-5-7-14(8-6-13)27(23,24)21-9-3-4-10-21/h5-8,12H,3-4,9-11H2,1-2H3,(H,18,19,22). The molecule has 0 unspecified atom stereocenters. The molecule has 1 aromatic carbocycles. The average molecular weight is 427 g/mol. The van der Waals surface area contributed by atoms with Crippen LogP contribution in [-0.2, 0) is 10.0 Å². The highest BCUT2D eigenvalue weighted by Gasteiger charge is 2.27. The Morgan fingerprint density at radius 3 is 2.52 bits per heavy atom. The molecule has 2 heterocycles. The van der Waals surface area contributed by atoms with Crippen molar-refractivity contribution in [2.24, 2.45) is 5.92 Å². The van der Waals surface area contributed by atoms with Crippen molar-refractivity contribution < 1.29 is 13.2 Å². The van der Waals surface area contributed by atoms with Gasteiger partial charge in [0, 0.05) is 24.4 Å². The van der Waals surface area contributed by atoms with Gasteiger partial charge in [0.2, 0.25) is 15.2 Å². The lowest BCUT2D eigenvalue weighted by atomic mass is 10.2. The molecule has 1 N–H and O–H groups in total. The van der Waals surface area contributed by atoms with Gasteiger partial charge < -0.3 is 0 Å². The van der Waals surface area contributed by atoms with Gasteiger partial charge in [-0.1, -0.05) is 36.9 Å². The predicted octanol–water partition coefficient (Wildman–Crippen LogP) is 3.32. The summed E-state index contributed by atoms with van der Waals surface area (Å²) >= 11 is 2.94. The lowest BCUT2D eigenvalue weighted by Crippen LogP contribution is -2.27. The van der Waals surface area contributed by atoms with Crippen LogP contribution in [-0.4, -0.2) is 47.7 Å². The van der Waals surface area contributed by atoms with Gasteiger partial charge in [-0.2, -0.15) is 4.31 Å². The fourth-order valence-corrected chi connectivity index (χ4v) is 5.82. The first kappa shape index (κ1) is 20.2. The molecule has 2 aromatic rings. The second kappa shape index (κ2) is 8.68. The zero-order chi connectivity index (χ0) is 19.4. The Kier molecular flexibility index (Phi) is 6.51.